The first-order valence-electron chi connectivity index (χ1n) is 6.15. The zero-order valence-electron chi connectivity index (χ0n) is 10.2. The van der Waals surface area contributed by atoms with E-state index in [4.69, 9.17) is 5.73 Å². The van der Waals surface area contributed by atoms with Crippen molar-refractivity contribution in [3.05, 3.63) is 18.5 Å². The number of rotatable bonds is 4. The SMILES string of the molecule is CN(C(=O)Cn1cccn1)C1CCCC1CN. The minimum atomic E-state index is 0.110. The normalized spacial score (nSPS) is 23.9. The van der Waals surface area contributed by atoms with Gasteiger partial charge in [-0.05, 0) is 31.4 Å². The molecule has 1 amide bonds. The second-order valence-electron chi connectivity index (χ2n) is 4.70. The van der Waals surface area contributed by atoms with E-state index in [0.717, 1.165) is 12.8 Å². The predicted octanol–water partition coefficient (Wildman–Crippen LogP) is 0.469. The van der Waals surface area contributed by atoms with Crippen LogP contribution in [0.3, 0.4) is 0 Å². The van der Waals surface area contributed by atoms with Crippen LogP contribution >= 0.6 is 0 Å². The zero-order chi connectivity index (χ0) is 12.3. The summed E-state index contributed by atoms with van der Waals surface area (Å²) in [6, 6.07) is 2.13. The van der Waals surface area contributed by atoms with E-state index < -0.39 is 0 Å². The van der Waals surface area contributed by atoms with Gasteiger partial charge < -0.3 is 10.6 Å². The lowest BCUT2D eigenvalue weighted by Gasteiger charge is -2.29. The van der Waals surface area contributed by atoms with Gasteiger partial charge in [0.25, 0.3) is 0 Å². The van der Waals surface area contributed by atoms with E-state index in [1.54, 1.807) is 17.1 Å². The average Bonchev–Trinajstić information content (AvgIpc) is 2.97. The van der Waals surface area contributed by atoms with E-state index in [0.29, 0.717) is 25.0 Å². The number of carbonyl (C=O) groups is 1. The highest BCUT2D eigenvalue weighted by Crippen LogP contribution is 2.28. The number of hydrogen-bond donors (Lipinski definition) is 1. The number of aromatic nitrogens is 2. The summed E-state index contributed by atoms with van der Waals surface area (Å²) in [7, 11) is 1.88. The number of hydrogen-bond acceptors (Lipinski definition) is 3. The van der Waals surface area contributed by atoms with E-state index in [9.17, 15) is 4.79 Å². The van der Waals surface area contributed by atoms with Gasteiger partial charge in [-0.25, -0.2) is 0 Å². The molecule has 1 aromatic heterocycles. The van der Waals surface area contributed by atoms with Crippen molar-refractivity contribution in [3.63, 3.8) is 0 Å². The Balaban J connectivity index is 1.94. The maximum atomic E-state index is 12.1. The summed E-state index contributed by atoms with van der Waals surface area (Å²) in [5.41, 5.74) is 5.74. The third kappa shape index (κ3) is 2.66. The van der Waals surface area contributed by atoms with Crippen molar-refractivity contribution in [2.45, 2.75) is 31.8 Å². The van der Waals surface area contributed by atoms with Crippen LogP contribution in [0.15, 0.2) is 18.5 Å². The predicted molar refractivity (Wildman–Crippen MR) is 65.2 cm³/mol. The Morgan fingerprint density at radius 2 is 2.41 bits per heavy atom. The highest BCUT2D eigenvalue weighted by Gasteiger charge is 2.31. The maximum Gasteiger partial charge on any atom is 0.244 e. The van der Waals surface area contributed by atoms with Crippen LogP contribution in [-0.2, 0) is 11.3 Å². The number of nitrogens with zero attached hydrogens (tertiary/aromatic N) is 3. The summed E-state index contributed by atoms with van der Waals surface area (Å²) in [6.07, 6.45) is 6.88. The molecule has 0 bridgehead atoms. The molecular weight excluding hydrogens is 216 g/mol. The van der Waals surface area contributed by atoms with E-state index >= 15 is 0 Å². The van der Waals surface area contributed by atoms with Crippen LogP contribution in [0.5, 0.6) is 0 Å². The van der Waals surface area contributed by atoms with Crippen LogP contribution in [0.4, 0.5) is 0 Å². The monoisotopic (exact) mass is 236 g/mol. The molecule has 2 unspecified atom stereocenters. The molecule has 5 heteroatoms. The molecule has 94 valence electrons. The topological polar surface area (TPSA) is 64.2 Å². The van der Waals surface area contributed by atoms with Crippen molar-refractivity contribution in [3.8, 4) is 0 Å². The Labute approximate surface area is 102 Å². The minimum Gasteiger partial charge on any atom is -0.341 e. The Morgan fingerprint density at radius 3 is 3.06 bits per heavy atom. The Morgan fingerprint density at radius 1 is 1.59 bits per heavy atom. The van der Waals surface area contributed by atoms with Crippen molar-refractivity contribution in [2.24, 2.45) is 11.7 Å². The quantitative estimate of drug-likeness (QED) is 0.826. The second-order valence-corrected chi connectivity index (χ2v) is 4.70. The van der Waals surface area contributed by atoms with E-state index in [1.165, 1.54) is 6.42 Å². The van der Waals surface area contributed by atoms with Crippen LogP contribution in [0.1, 0.15) is 19.3 Å². The summed E-state index contributed by atoms with van der Waals surface area (Å²) in [5, 5.41) is 4.05. The van der Waals surface area contributed by atoms with Gasteiger partial charge in [-0.15, -0.1) is 0 Å². The third-order valence-electron chi connectivity index (χ3n) is 3.67. The number of amides is 1. The molecule has 1 saturated carbocycles. The second kappa shape index (κ2) is 5.31. The van der Waals surface area contributed by atoms with Crippen LogP contribution in [0, 0.1) is 5.92 Å². The van der Waals surface area contributed by atoms with Crippen LogP contribution in [0.25, 0.3) is 0 Å². The van der Waals surface area contributed by atoms with Crippen LogP contribution < -0.4 is 5.73 Å². The molecule has 0 saturated heterocycles. The standard InChI is InChI=1S/C12H20N4O/c1-15(11-5-2-4-10(11)8-13)12(17)9-16-7-3-6-14-16/h3,6-7,10-11H,2,4-5,8-9,13H2,1H3. The fourth-order valence-corrected chi connectivity index (χ4v) is 2.63. The van der Waals surface area contributed by atoms with Crippen molar-refractivity contribution < 1.29 is 4.79 Å². The van der Waals surface area contributed by atoms with Crippen molar-refractivity contribution in [2.75, 3.05) is 13.6 Å². The first-order valence-corrected chi connectivity index (χ1v) is 6.15. The largest absolute Gasteiger partial charge is 0.341 e. The van der Waals surface area contributed by atoms with Gasteiger partial charge in [-0.3, -0.25) is 9.48 Å². The summed E-state index contributed by atoms with van der Waals surface area (Å²) in [5.74, 6) is 0.570. The molecule has 0 spiro atoms. The van der Waals surface area contributed by atoms with Crippen molar-refractivity contribution in [1.29, 1.82) is 0 Å². The summed E-state index contributed by atoms with van der Waals surface area (Å²) < 4.78 is 1.66. The molecule has 0 aliphatic heterocycles. The lowest BCUT2D eigenvalue weighted by molar-refractivity contribution is -0.133. The molecule has 1 aromatic rings. The Hall–Kier alpha value is -1.36. The zero-order valence-corrected chi connectivity index (χ0v) is 10.2. The molecule has 0 aromatic carbocycles. The van der Waals surface area contributed by atoms with Crippen molar-refractivity contribution in [1.82, 2.24) is 14.7 Å². The van der Waals surface area contributed by atoms with Crippen LogP contribution in [0.2, 0.25) is 0 Å². The molecule has 1 aliphatic carbocycles. The first-order chi connectivity index (χ1) is 8.22. The van der Waals surface area contributed by atoms with Gasteiger partial charge in [0.15, 0.2) is 0 Å². The van der Waals surface area contributed by atoms with Gasteiger partial charge in [0.2, 0.25) is 5.91 Å². The molecule has 17 heavy (non-hydrogen) atoms. The van der Waals surface area contributed by atoms with Gasteiger partial charge in [-0.1, -0.05) is 6.42 Å². The average molecular weight is 236 g/mol. The Bertz CT molecular complexity index is 363. The summed E-state index contributed by atoms with van der Waals surface area (Å²) in [4.78, 5) is 13.9. The fraction of sp³-hybridized carbons (Fsp3) is 0.667. The molecule has 1 aliphatic rings. The number of likely N-dealkylation sites (N-methyl/N-ethyl adjacent to an activating group) is 1. The van der Waals surface area contributed by atoms with E-state index in [2.05, 4.69) is 5.10 Å². The molecular formula is C12H20N4O. The molecule has 5 nitrogen and oxygen atoms in total. The van der Waals surface area contributed by atoms with Gasteiger partial charge >= 0.3 is 0 Å². The van der Waals surface area contributed by atoms with E-state index in [-0.39, 0.29) is 5.91 Å². The van der Waals surface area contributed by atoms with Gasteiger partial charge in [-0.2, -0.15) is 5.10 Å². The smallest absolute Gasteiger partial charge is 0.244 e. The summed E-state index contributed by atoms with van der Waals surface area (Å²) >= 11 is 0. The molecule has 1 fully saturated rings. The Kier molecular flexibility index (Phi) is 3.78. The maximum absolute atomic E-state index is 12.1. The molecule has 2 rings (SSSR count). The highest BCUT2D eigenvalue weighted by atomic mass is 16.2. The van der Waals surface area contributed by atoms with Gasteiger partial charge in [0.1, 0.15) is 6.54 Å². The molecule has 2 N–H and O–H groups in total. The lowest BCUT2D eigenvalue weighted by Crippen LogP contribution is -2.42. The minimum absolute atomic E-state index is 0.110. The van der Waals surface area contributed by atoms with Gasteiger partial charge in [0.05, 0.1) is 0 Å². The van der Waals surface area contributed by atoms with Crippen molar-refractivity contribution >= 4 is 5.91 Å². The summed E-state index contributed by atoms with van der Waals surface area (Å²) in [6.45, 7) is 0.987. The number of nitrogens with two attached hydrogens (primary N) is 1. The van der Waals surface area contributed by atoms with Crippen LogP contribution in [-0.4, -0.2) is 40.2 Å². The van der Waals surface area contributed by atoms with Gasteiger partial charge in [0, 0.05) is 25.5 Å². The fourth-order valence-electron chi connectivity index (χ4n) is 2.63. The highest BCUT2D eigenvalue weighted by molar-refractivity contribution is 5.76. The molecule has 2 atom stereocenters. The van der Waals surface area contributed by atoms with E-state index in [1.807, 2.05) is 18.0 Å². The molecule has 0 radical (unpaired) electrons. The lowest BCUT2D eigenvalue weighted by atomic mass is 10.0. The third-order valence-corrected chi connectivity index (χ3v) is 3.67. The number of carbonyl (C=O) groups excluding carboxylic acids is 1. The molecule has 1 heterocycles. The first kappa shape index (κ1) is 12.1.